The van der Waals surface area contributed by atoms with Crippen molar-refractivity contribution in [1.29, 1.82) is 0 Å². The van der Waals surface area contributed by atoms with Crippen molar-refractivity contribution in [2.45, 2.75) is 19.6 Å². The standard InChI is InChI=1S/C15H17Cl2NO3/c16-12-7-11(15(19)14(17)8-12)9-18-4-2-5-20-10-13-3-1-6-21-13/h1,3,6-8,18-19H,2,4-5,9-10H2. The molecule has 0 fully saturated rings. The van der Waals surface area contributed by atoms with E-state index in [0.717, 1.165) is 18.7 Å². The molecule has 0 amide bonds. The van der Waals surface area contributed by atoms with Crippen LogP contribution in [0.3, 0.4) is 0 Å². The molecule has 0 aliphatic heterocycles. The second kappa shape index (κ2) is 8.29. The minimum absolute atomic E-state index is 0.147. The van der Waals surface area contributed by atoms with Crippen molar-refractivity contribution in [3.05, 3.63) is 51.9 Å². The molecule has 1 heterocycles. The Morgan fingerprint density at radius 3 is 2.90 bits per heavy atom. The third kappa shape index (κ3) is 5.25. The van der Waals surface area contributed by atoms with Crippen LogP contribution in [0, 0.1) is 0 Å². The summed E-state index contributed by atoms with van der Waals surface area (Å²) in [5.74, 6) is 0.676. The molecule has 2 rings (SSSR count). The molecule has 0 radical (unpaired) electrons. The maximum Gasteiger partial charge on any atom is 0.129 e. The van der Waals surface area contributed by atoms with E-state index in [4.69, 9.17) is 32.4 Å². The summed E-state index contributed by atoms with van der Waals surface area (Å²) in [6, 6.07) is 6.85. The van der Waals surface area contributed by atoms with Gasteiger partial charge in [-0.3, -0.25) is 0 Å². The van der Waals surface area contributed by atoms with Crippen LogP contribution in [-0.4, -0.2) is 13.2 Å². The highest BCUT2D eigenvalue weighted by Crippen LogP contribution is 2.28. The first-order valence-corrected chi connectivity index (χ1v) is 7.49. The van der Waals surface area contributed by atoms with E-state index in [1.165, 1.54) is 6.07 Å². The molecule has 2 aromatic rings. The van der Waals surface area contributed by atoms with Gasteiger partial charge in [0.2, 0.25) is 0 Å². The van der Waals surface area contributed by atoms with Gasteiger partial charge in [-0.15, -0.1) is 0 Å². The van der Waals surface area contributed by atoms with Crippen LogP contribution in [0.5, 0.6) is 5.75 Å². The molecule has 0 bridgehead atoms. The molecule has 6 heteroatoms. The van der Waals surface area contributed by atoms with Crippen LogP contribution in [0.1, 0.15) is 17.7 Å². The number of rotatable bonds is 8. The number of nitrogens with two attached hydrogens (primary N) is 1. The summed E-state index contributed by atoms with van der Waals surface area (Å²) >= 11 is 11.7. The van der Waals surface area contributed by atoms with Crippen LogP contribution >= 0.6 is 23.2 Å². The van der Waals surface area contributed by atoms with Gasteiger partial charge < -0.3 is 19.6 Å². The first kappa shape index (κ1) is 16.2. The number of hydrogen-bond donors (Lipinski definition) is 1. The van der Waals surface area contributed by atoms with Crippen molar-refractivity contribution in [1.82, 2.24) is 0 Å². The normalized spacial score (nSPS) is 11.0. The summed E-state index contributed by atoms with van der Waals surface area (Å²) in [7, 11) is 0. The van der Waals surface area contributed by atoms with E-state index in [0.29, 0.717) is 30.3 Å². The number of quaternary nitrogens is 1. The molecule has 1 aromatic carbocycles. The fourth-order valence-electron chi connectivity index (χ4n) is 1.92. The molecule has 0 aliphatic rings. The van der Waals surface area contributed by atoms with E-state index in [-0.39, 0.29) is 10.8 Å². The zero-order valence-corrected chi connectivity index (χ0v) is 13.0. The third-order valence-electron chi connectivity index (χ3n) is 2.97. The third-order valence-corrected chi connectivity index (χ3v) is 3.47. The van der Waals surface area contributed by atoms with Gasteiger partial charge >= 0.3 is 0 Å². The van der Waals surface area contributed by atoms with Crippen LogP contribution in [0.4, 0.5) is 0 Å². The van der Waals surface area contributed by atoms with E-state index in [2.05, 4.69) is 0 Å². The number of benzene rings is 1. The van der Waals surface area contributed by atoms with Crippen molar-refractivity contribution < 1.29 is 19.6 Å². The summed E-state index contributed by atoms with van der Waals surface area (Å²) in [6.07, 6.45) is 2.52. The predicted molar refractivity (Wildman–Crippen MR) is 79.4 cm³/mol. The van der Waals surface area contributed by atoms with E-state index < -0.39 is 0 Å². The Labute approximate surface area is 133 Å². The molecular weight excluding hydrogens is 313 g/mol. The Bertz CT molecular complexity index is 558. The first-order chi connectivity index (χ1) is 10.2. The molecule has 0 aliphatic carbocycles. The van der Waals surface area contributed by atoms with Gasteiger partial charge in [0.25, 0.3) is 0 Å². The van der Waals surface area contributed by atoms with Crippen LogP contribution in [-0.2, 0) is 17.9 Å². The van der Waals surface area contributed by atoms with Crippen molar-refractivity contribution in [2.24, 2.45) is 0 Å². The monoisotopic (exact) mass is 329 g/mol. The first-order valence-electron chi connectivity index (χ1n) is 6.73. The van der Waals surface area contributed by atoms with Crippen molar-refractivity contribution >= 4 is 23.2 Å². The van der Waals surface area contributed by atoms with Gasteiger partial charge in [-0.1, -0.05) is 29.0 Å². The van der Waals surface area contributed by atoms with E-state index in [1.54, 1.807) is 12.3 Å². The minimum Gasteiger partial charge on any atom is -0.871 e. The lowest BCUT2D eigenvalue weighted by atomic mass is 10.2. The minimum atomic E-state index is -0.147. The average Bonchev–Trinajstić information content (AvgIpc) is 2.96. The molecule has 2 N–H and O–H groups in total. The predicted octanol–water partition coefficient (Wildman–Crippen LogP) is 2.33. The quantitative estimate of drug-likeness (QED) is 0.756. The molecule has 0 saturated carbocycles. The number of furan rings is 1. The van der Waals surface area contributed by atoms with Crippen LogP contribution in [0.15, 0.2) is 34.9 Å². The van der Waals surface area contributed by atoms with E-state index >= 15 is 0 Å². The van der Waals surface area contributed by atoms with Crippen molar-refractivity contribution in [3.63, 3.8) is 0 Å². The number of halogens is 2. The second-order valence-electron chi connectivity index (χ2n) is 4.64. The van der Waals surface area contributed by atoms with Gasteiger partial charge in [-0.05, 0) is 24.3 Å². The number of hydrogen-bond acceptors (Lipinski definition) is 3. The SMILES string of the molecule is [O-]c1c(Cl)cc(Cl)cc1C[NH2+]CCCOCc1ccco1. The zero-order valence-electron chi connectivity index (χ0n) is 11.5. The Hall–Kier alpha value is -1.20. The molecule has 114 valence electrons. The van der Waals surface area contributed by atoms with Crippen LogP contribution in [0.25, 0.3) is 0 Å². The van der Waals surface area contributed by atoms with Crippen molar-refractivity contribution in [2.75, 3.05) is 13.2 Å². The molecule has 0 spiro atoms. The van der Waals surface area contributed by atoms with Gasteiger partial charge in [-0.2, -0.15) is 0 Å². The highest BCUT2D eigenvalue weighted by molar-refractivity contribution is 6.35. The Balaban J connectivity index is 1.61. The van der Waals surface area contributed by atoms with E-state index in [9.17, 15) is 5.11 Å². The van der Waals surface area contributed by atoms with Crippen LogP contribution in [0.2, 0.25) is 10.0 Å². The molecule has 0 atom stereocenters. The molecule has 0 saturated heterocycles. The van der Waals surface area contributed by atoms with E-state index in [1.807, 2.05) is 17.4 Å². The molecule has 4 nitrogen and oxygen atoms in total. The Kier molecular flexibility index (Phi) is 6.39. The largest absolute Gasteiger partial charge is 0.871 e. The Morgan fingerprint density at radius 2 is 2.14 bits per heavy atom. The highest BCUT2D eigenvalue weighted by atomic mass is 35.5. The number of ether oxygens (including phenoxy) is 1. The summed E-state index contributed by atoms with van der Waals surface area (Å²) in [6.45, 7) is 2.57. The van der Waals surface area contributed by atoms with Gasteiger partial charge in [0.15, 0.2) is 0 Å². The van der Waals surface area contributed by atoms with Gasteiger partial charge in [-0.25, -0.2) is 0 Å². The smallest absolute Gasteiger partial charge is 0.129 e. The summed E-state index contributed by atoms with van der Waals surface area (Å²) in [5.41, 5.74) is 0.629. The topological polar surface area (TPSA) is 62.0 Å². The molecule has 0 unspecified atom stereocenters. The maximum atomic E-state index is 11.8. The summed E-state index contributed by atoms with van der Waals surface area (Å²) in [5, 5.41) is 14.5. The fraction of sp³-hybridized carbons (Fsp3) is 0.333. The lowest BCUT2D eigenvalue weighted by Crippen LogP contribution is -2.82. The van der Waals surface area contributed by atoms with Gasteiger partial charge in [0.1, 0.15) is 18.9 Å². The summed E-state index contributed by atoms with van der Waals surface area (Å²) in [4.78, 5) is 0. The van der Waals surface area contributed by atoms with Gasteiger partial charge in [0.05, 0.1) is 19.4 Å². The van der Waals surface area contributed by atoms with Crippen molar-refractivity contribution in [3.8, 4) is 5.75 Å². The average molecular weight is 330 g/mol. The zero-order chi connectivity index (χ0) is 15.1. The van der Waals surface area contributed by atoms with Crippen LogP contribution < -0.4 is 10.4 Å². The lowest BCUT2D eigenvalue weighted by molar-refractivity contribution is -0.671. The fourth-order valence-corrected chi connectivity index (χ4v) is 2.46. The second-order valence-corrected chi connectivity index (χ2v) is 5.49. The summed E-state index contributed by atoms with van der Waals surface area (Å²) < 4.78 is 10.6. The molecule has 21 heavy (non-hydrogen) atoms. The Morgan fingerprint density at radius 1 is 1.29 bits per heavy atom. The van der Waals surface area contributed by atoms with Gasteiger partial charge in [0, 0.05) is 22.0 Å². The highest BCUT2D eigenvalue weighted by Gasteiger charge is 2.03. The maximum absolute atomic E-state index is 11.8. The molecule has 1 aromatic heterocycles. The lowest BCUT2D eigenvalue weighted by Gasteiger charge is -2.14. The molecular formula is C15H17Cl2NO3.